The maximum absolute atomic E-state index is 12.1. The molecule has 1 saturated heterocycles. The number of rotatable bonds is 3. The topological polar surface area (TPSA) is 49.4 Å². The van der Waals surface area contributed by atoms with Crippen LogP contribution in [-0.2, 0) is 10.0 Å². The van der Waals surface area contributed by atoms with Crippen molar-refractivity contribution in [2.45, 2.75) is 16.7 Å². The highest BCUT2D eigenvalue weighted by molar-refractivity contribution is 7.91. The van der Waals surface area contributed by atoms with Gasteiger partial charge in [-0.15, -0.1) is 11.3 Å². The quantitative estimate of drug-likeness (QED) is 0.855. The average molecular weight is 246 g/mol. The maximum Gasteiger partial charge on any atom is 0.252 e. The van der Waals surface area contributed by atoms with E-state index in [1.54, 1.807) is 24.6 Å². The Kier molecular flexibility index (Phi) is 3.11. The summed E-state index contributed by atoms with van der Waals surface area (Å²) in [4.78, 5) is 0. The van der Waals surface area contributed by atoms with Crippen LogP contribution in [0, 0.1) is 0 Å². The van der Waals surface area contributed by atoms with E-state index < -0.39 is 10.0 Å². The Labute approximate surface area is 94.0 Å². The molecule has 2 rings (SSSR count). The van der Waals surface area contributed by atoms with Crippen LogP contribution in [0.3, 0.4) is 0 Å². The van der Waals surface area contributed by atoms with Crippen molar-refractivity contribution in [2.24, 2.45) is 0 Å². The summed E-state index contributed by atoms with van der Waals surface area (Å²) in [5, 5.41) is 4.95. The Hall–Kier alpha value is -0.430. The standard InChI is InChI=1S/C9H14N2O2S2/c1-11(8-4-5-10-7-8)15(12,13)9-3-2-6-14-9/h2-3,6,8,10H,4-5,7H2,1H3. The Morgan fingerprint density at radius 3 is 2.93 bits per heavy atom. The number of nitrogens with zero attached hydrogens (tertiary/aromatic N) is 1. The van der Waals surface area contributed by atoms with E-state index in [0.717, 1.165) is 19.5 Å². The van der Waals surface area contributed by atoms with Crippen LogP contribution in [-0.4, -0.2) is 38.9 Å². The van der Waals surface area contributed by atoms with Crippen LogP contribution in [0.4, 0.5) is 0 Å². The van der Waals surface area contributed by atoms with Crippen LogP contribution in [0.15, 0.2) is 21.7 Å². The van der Waals surface area contributed by atoms with Gasteiger partial charge in [0.05, 0.1) is 0 Å². The molecular formula is C9H14N2O2S2. The molecule has 1 aromatic heterocycles. The van der Waals surface area contributed by atoms with E-state index in [9.17, 15) is 8.42 Å². The molecule has 1 atom stereocenters. The van der Waals surface area contributed by atoms with Gasteiger partial charge >= 0.3 is 0 Å². The number of likely N-dealkylation sites (N-methyl/N-ethyl adjacent to an activating group) is 1. The Bertz CT molecular complexity index is 407. The molecule has 1 aromatic rings. The summed E-state index contributed by atoms with van der Waals surface area (Å²) in [6.45, 7) is 1.65. The molecular weight excluding hydrogens is 232 g/mol. The second kappa shape index (κ2) is 4.21. The predicted octanol–water partition coefficient (Wildman–Crippen LogP) is 0.730. The average Bonchev–Trinajstić information content (AvgIpc) is 2.89. The van der Waals surface area contributed by atoms with Crippen molar-refractivity contribution < 1.29 is 8.42 Å². The van der Waals surface area contributed by atoms with Crippen LogP contribution >= 0.6 is 11.3 Å². The molecule has 15 heavy (non-hydrogen) atoms. The molecule has 0 radical (unpaired) electrons. The third-order valence-electron chi connectivity index (χ3n) is 2.68. The third kappa shape index (κ3) is 2.08. The van der Waals surface area contributed by atoms with E-state index in [2.05, 4.69) is 5.32 Å². The molecule has 1 aliphatic rings. The summed E-state index contributed by atoms with van der Waals surface area (Å²) in [6.07, 6.45) is 0.890. The van der Waals surface area contributed by atoms with Crippen molar-refractivity contribution >= 4 is 21.4 Å². The zero-order valence-corrected chi connectivity index (χ0v) is 10.1. The summed E-state index contributed by atoms with van der Waals surface area (Å²) >= 11 is 1.27. The van der Waals surface area contributed by atoms with E-state index >= 15 is 0 Å². The molecule has 1 unspecified atom stereocenters. The van der Waals surface area contributed by atoms with E-state index in [1.165, 1.54) is 15.6 Å². The number of nitrogens with one attached hydrogen (secondary N) is 1. The largest absolute Gasteiger partial charge is 0.315 e. The Morgan fingerprint density at radius 2 is 2.40 bits per heavy atom. The smallest absolute Gasteiger partial charge is 0.252 e. The van der Waals surface area contributed by atoms with Crippen LogP contribution < -0.4 is 5.32 Å². The van der Waals surface area contributed by atoms with Crippen LogP contribution in [0.1, 0.15) is 6.42 Å². The molecule has 0 aromatic carbocycles. The van der Waals surface area contributed by atoms with E-state index in [4.69, 9.17) is 0 Å². The van der Waals surface area contributed by atoms with E-state index in [1.807, 2.05) is 0 Å². The van der Waals surface area contributed by atoms with Crippen LogP contribution in [0.2, 0.25) is 0 Å². The zero-order valence-electron chi connectivity index (χ0n) is 8.51. The molecule has 1 aliphatic heterocycles. The minimum Gasteiger partial charge on any atom is -0.315 e. The van der Waals surface area contributed by atoms with Crippen molar-refractivity contribution in [3.05, 3.63) is 17.5 Å². The summed E-state index contributed by atoms with van der Waals surface area (Å²) in [6, 6.07) is 3.51. The second-order valence-electron chi connectivity index (χ2n) is 3.60. The number of hydrogen-bond donors (Lipinski definition) is 1. The first-order valence-electron chi connectivity index (χ1n) is 4.84. The van der Waals surface area contributed by atoms with E-state index in [0.29, 0.717) is 4.21 Å². The fourth-order valence-corrected chi connectivity index (χ4v) is 4.26. The fourth-order valence-electron chi connectivity index (χ4n) is 1.70. The number of sulfonamides is 1. The fraction of sp³-hybridized carbons (Fsp3) is 0.556. The minimum absolute atomic E-state index is 0.0945. The minimum atomic E-state index is -3.27. The van der Waals surface area contributed by atoms with E-state index in [-0.39, 0.29) is 6.04 Å². The van der Waals surface area contributed by atoms with Crippen molar-refractivity contribution in [3.63, 3.8) is 0 Å². The molecule has 0 saturated carbocycles. The monoisotopic (exact) mass is 246 g/mol. The van der Waals surface area contributed by atoms with Gasteiger partial charge in [-0.1, -0.05) is 6.07 Å². The lowest BCUT2D eigenvalue weighted by molar-refractivity contribution is 0.389. The van der Waals surface area contributed by atoms with Crippen molar-refractivity contribution in [1.82, 2.24) is 9.62 Å². The maximum atomic E-state index is 12.1. The molecule has 1 fully saturated rings. The predicted molar refractivity (Wildman–Crippen MR) is 60.5 cm³/mol. The van der Waals surface area contributed by atoms with Gasteiger partial charge in [-0.2, -0.15) is 4.31 Å². The van der Waals surface area contributed by atoms with Crippen molar-refractivity contribution in [2.75, 3.05) is 20.1 Å². The highest BCUT2D eigenvalue weighted by Crippen LogP contribution is 2.22. The molecule has 1 N–H and O–H groups in total. The van der Waals surface area contributed by atoms with Crippen LogP contribution in [0.25, 0.3) is 0 Å². The SMILES string of the molecule is CN(C1CCNC1)S(=O)(=O)c1cccs1. The molecule has 0 amide bonds. The van der Waals surface area contributed by atoms with Gasteiger partial charge in [-0.05, 0) is 24.4 Å². The first-order chi connectivity index (χ1) is 7.12. The lowest BCUT2D eigenvalue weighted by atomic mass is 10.3. The van der Waals surface area contributed by atoms with Gasteiger partial charge in [0.1, 0.15) is 4.21 Å². The number of thiophene rings is 1. The summed E-state index contributed by atoms with van der Waals surface area (Å²) < 4.78 is 26.1. The summed E-state index contributed by atoms with van der Waals surface area (Å²) in [5.74, 6) is 0. The van der Waals surface area contributed by atoms with Gasteiger partial charge in [0, 0.05) is 19.6 Å². The molecule has 0 aliphatic carbocycles. The second-order valence-corrected chi connectivity index (χ2v) is 6.77. The normalized spacial score (nSPS) is 22.4. The summed E-state index contributed by atoms with van der Waals surface area (Å²) in [7, 11) is -1.61. The van der Waals surface area contributed by atoms with Gasteiger partial charge in [-0.25, -0.2) is 8.42 Å². The summed E-state index contributed by atoms with van der Waals surface area (Å²) in [5.41, 5.74) is 0. The molecule has 6 heteroatoms. The van der Waals surface area contributed by atoms with Crippen LogP contribution in [0.5, 0.6) is 0 Å². The Balaban J connectivity index is 2.22. The number of hydrogen-bond acceptors (Lipinski definition) is 4. The molecule has 4 nitrogen and oxygen atoms in total. The lowest BCUT2D eigenvalue weighted by Crippen LogP contribution is -2.37. The van der Waals surface area contributed by atoms with Crippen molar-refractivity contribution in [1.29, 1.82) is 0 Å². The molecule has 0 bridgehead atoms. The van der Waals surface area contributed by atoms with Gasteiger partial charge in [-0.3, -0.25) is 0 Å². The Morgan fingerprint density at radius 1 is 1.60 bits per heavy atom. The zero-order chi connectivity index (χ0) is 10.9. The first kappa shape index (κ1) is 11.1. The highest BCUT2D eigenvalue weighted by Gasteiger charge is 2.30. The van der Waals surface area contributed by atoms with Gasteiger partial charge in [0.2, 0.25) is 0 Å². The van der Waals surface area contributed by atoms with Gasteiger partial charge < -0.3 is 5.32 Å². The molecule has 2 heterocycles. The van der Waals surface area contributed by atoms with Gasteiger partial charge in [0.15, 0.2) is 0 Å². The van der Waals surface area contributed by atoms with Crippen molar-refractivity contribution in [3.8, 4) is 0 Å². The third-order valence-corrected chi connectivity index (χ3v) is 5.96. The van der Waals surface area contributed by atoms with Gasteiger partial charge in [0.25, 0.3) is 10.0 Å². The first-order valence-corrected chi connectivity index (χ1v) is 7.16. The molecule has 84 valence electrons. The highest BCUT2D eigenvalue weighted by atomic mass is 32.2. The molecule has 0 spiro atoms. The lowest BCUT2D eigenvalue weighted by Gasteiger charge is -2.22.